The highest BCUT2D eigenvalue weighted by Crippen LogP contribution is 2.30. The van der Waals surface area contributed by atoms with Crippen LogP contribution in [-0.4, -0.2) is 33.9 Å². The van der Waals surface area contributed by atoms with Crippen molar-refractivity contribution in [1.29, 1.82) is 0 Å². The molecule has 0 radical (unpaired) electrons. The lowest BCUT2D eigenvalue weighted by Gasteiger charge is -2.08. The van der Waals surface area contributed by atoms with Gasteiger partial charge in [0.15, 0.2) is 8.68 Å². The van der Waals surface area contributed by atoms with Crippen molar-refractivity contribution in [2.24, 2.45) is 0 Å². The van der Waals surface area contributed by atoms with E-state index in [1.807, 2.05) is 37.4 Å². The number of thioether (sulfide) groups is 3. The fourth-order valence-corrected chi connectivity index (χ4v) is 4.78. The number of hydrogen-bond donors (Lipinski definition) is 1. The third-order valence-corrected chi connectivity index (χ3v) is 6.75. The van der Waals surface area contributed by atoms with E-state index >= 15 is 0 Å². The van der Waals surface area contributed by atoms with Crippen molar-refractivity contribution in [1.82, 2.24) is 10.2 Å². The summed E-state index contributed by atoms with van der Waals surface area (Å²) in [5.74, 6) is 1.12. The maximum Gasteiger partial charge on any atom is 0.234 e. The molecule has 0 aliphatic rings. The van der Waals surface area contributed by atoms with E-state index in [-0.39, 0.29) is 5.91 Å². The summed E-state index contributed by atoms with van der Waals surface area (Å²) in [5.41, 5.74) is 1.95. The molecule has 0 saturated carbocycles. The van der Waals surface area contributed by atoms with E-state index in [2.05, 4.69) is 22.1 Å². The van der Waals surface area contributed by atoms with Crippen LogP contribution in [0.2, 0.25) is 0 Å². The zero-order valence-electron chi connectivity index (χ0n) is 12.9. The van der Waals surface area contributed by atoms with Gasteiger partial charge in [-0.2, -0.15) is 0 Å². The number of amides is 1. The average Bonchev–Trinajstić information content (AvgIpc) is 2.99. The smallest absolute Gasteiger partial charge is 0.234 e. The summed E-state index contributed by atoms with van der Waals surface area (Å²) in [6.45, 7) is 5.85. The second-order valence-electron chi connectivity index (χ2n) is 4.62. The van der Waals surface area contributed by atoms with Gasteiger partial charge in [-0.1, -0.05) is 59.1 Å². The lowest BCUT2D eigenvalue weighted by molar-refractivity contribution is -0.113. The zero-order valence-corrected chi connectivity index (χ0v) is 16.1. The Bertz CT molecular complexity index is 687. The highest BCUT2D eigenvalue weighted by atomic mass is 32.2. The third-order valence-electron chi connectivity index (χ3n) is 2.54. The summed E-state index contributed by atoms with van der Waals surface area (Å²) in [5, 5.41) is 11.2. The van der Waals surface area contributed by atoms with Gasteiger partial charge in [-0.25, -0.2) is 0 Å². The molecule has 1 aromatic heterocycles. The number of rotatable bonds is 8. The molecule has 8 heteroatoms. The van der Waals surface area contributed by atoms with Gasteiger partial charge < -0.3 is 5.32 Å². The summed E-state index contributed by atoms with van der Waals surface area (Å²) in [7, 11) is 0. The predicted octanol–water partition coefficient (Wildman–Crippen LogP) is 4.66. The van der Waals surface area contributed by atoms with Gasteiger partial charge in [0, 0.05) is 10.6 Å². The SMILES string of the molecule is C=C(C)CSc1nnc(SCC(=O)Nc2ccccc2SC)s1. The van der Waals surface area contributed by atoms with Gasteiger partial charge in [0.1, 0.15) is 0 Å². The van der Waals surface area contributed by atoms with Gasteiger partial charge >= 0.3 is 0 Å². The molecule has 0 saturated heterocycles. The molecule has 122 valence electrons. The number of para-hydroxylation sites is 1. The van der Waals surface area contributed by atoms with E-state index < -0.39 is 0 Å². The first-order chi connectivity index (χ1) is 11.1. The van der Waals surface area contributed by atoms with Crippen molar-refractivity contribution < 1.29 is 4.79 Å². The highest BCUT2D eigenvalue weighted by molar-refractivity contribution is 8.03. The molecule has 1 N–H and O–H groups in total. The van der Waals surface area contributed by atoms with Gasteiger partial charge in [-0.3, -0.25) is 4.79 Å². The second-order valence-corrected chi connectivity index (χ2v) is 8.89. The van der Waals surface area contributed by atoms with Crippen LogP contribution in [0.1, 0.15) is 6.92 Å². The van der Waals surface area contributed by atoms with Gasteiger partial charge in [0.2, 0.25) is 5.91 Å². The van der Waals surface area contributed by atoms with Crippen LogP contribution < -0.4 is 5.32 Å². The Kier molecular flexibility index (Phi) is 7.48. The molecule has 2 rings (SSSR count). The topological polar surface area (TPSA) is 54.9 Å². The fraction of sp³-hybridized carbons (Fsp3) is 0.267. The Balaban J connectivity index is 1.83. The first-order valence-corrected chi connectivity index (χ1v) is 10.8. The molecule has 0 aliphatic heterocycles. The molecule has 23 heavy (non-hydrogen) atoms. The van der Waals surface area contributed by atoms with E-state index in [4.69, 9.17) is 0 Å². The fourth-order valence-electron chi connectivity index (χ4n) is 1.56. The maximum atomic E-state index is 12.1. The van der Waals surface area contributed by atoms with Crippen molar-refractivity contribution in [2.75, 3.05) is 23.1 Å². The molecule has 4 nitrogen and oxygen atoms in total. The standard InChI is InChI=1S/C15H17N3OS4/c1-10(2)8-21-14-17-18-15(23-14)22-9-13(19)16-11-6-4-5-7-12(11)20-3/h4-7H,1,8-9H2,2-3H3,(H,16,19). The Morgan fingerprint density at radius 2 is 1.87 bits per heavy atom. The normalized spacial score (nSPS) is 10.5. The maximum absolute atomic E-state index is 12.1. The summed E-state index contributed by atoms with van der Waals surface area (Å²) in [4.78, 5) is 13.1. The number of aromatic nitrogens is 2. The van der Waals surface area contributed by atoms with Crippen LogP contribution in [0.25, 0.3) is 0 Å². The van der Waals surface area contributed by atoms with Crippen LogP contribution >= 0.6 is 46.6 Å². The molecule has 0 atom stereocenters. The van der Waals surface area contributed by atoms with E-state index in [1.54, 1.807) is 23.5 Å². The Labute approximate surface area is 152 Å². The second kappa shape index (κ2) is 9.36. The van der Waals surface area contributed by atoms with E-state index in [9.17, 15) is 4.79 Å². The minimum atomic E-state index is -0.0390. The van der Waals surface area contributed by atoms with Gasteiger partial charge in [-0.05, 0) is 25.3 Å². The quantitative estimate of drug-likeness (QED) is 0.528. The van der Waals surface area contributed by atoms with Crippen LogP contribution in [0.5, 0.6) is 0 Å². The number of carbonyl (C=O) groups is 1. The molecule has 0 spiro atoms. The van der Waals surface area contributed by atoms with Gasteiger partial charge in [0.05, 0.1) is 11.4 Å². The summed E-state index contributed by atoms with van der Waals surface area (Å²) in [6.07, 6.45) is 1.99. The molecule has 0 unspecified atom stereocenters. The van der Waals surface area contributed by atoms with E-state index in [0.29, 0.717) is 5.75 Å². The molecular weight excluding hydrogens is 366 g/mol. The van der Waals surface area contributed by atoms with Crippen LogP contribution in [0.15, 0.2) is 50.0 Å². The third kappa shape index (κ3) is 6.21. The number of nitrogens with zero attached hydrogens (tertiary/aromatic N) is 2. The number of anilines is 1. The van der Waals surface area contributed by atoms with Crippen molar-refractivity contribution in [3.8, 4) is 0 Å². The summed E-state index contributed by atoms with van der Waals surface area (Å²) < 4.78 is 1.71. The van der Waals surface area contributed by atoms with Crippen molar-refractivity contribution in [3.63, 3.8) is 0 Å². The van der Waals surface area contributed by atoms with Crippen molar-refractivity contribution in [2.45, 2.75) is 20.5 Å². The van der Waals surface area contributed by atoms with E-state index in [1.165, 1.54) is 23.1 Å². The average molecular weight is 384 g/mol. The van der Waals surface area contributed by atoms with Crippen molar-refractivity contribution >= 4 is 58.2 Å². The largest absolute Gasteiger partial charge is 0.324 e. The molecule has 1 amide bonds. The molecule has 0 fully saturated rings. The molecule has 1 aromatic carbocycles. The lowest BCUT2D eigenvalue weighted by Crippen LogP contribution is -2.14. The van der Waals surface area contributed by atoms with Gasteiger partial charge in [-0.15, -0.1) is 22.0 Å². The van der Waals surface area contributed by atoms with Crippen LogP contribution in [-0.2, 0) is 4.79 Å². The Hall–Kier alpha value is -0.960. The lowest BCUT2D eigenvalue weighted by atomic mass is 10.3. The molecule has 1 heterocycles. The summed E-state index contributed by atoms with van der Waals surface area (Å²) in [6, 6.07) is 7.77. The first kappa shape index (κ1) is 18.4. The van der Waals surface area contributed by atoms with Crippen molar-refractivity contribution in [3.05, 3.63) is 36.4 Å². The van der Waals surface area contributed by atoms with Gasteiger partial charge in [0.25, 0.3) is 0 Å². The number of carbonyl (C=O) groups excluding carboxylic acids is 1. The first-order valence-electron chi connectivity index (χ1n) is 6.75. The zero-order chi connectivity index (χ0) is 16.7. The van der Waals surface area contributed by atoms with Crippen LogP contribution in [0, 0.1) is 0 Å². The van der Waals surface area contributed by atoms with Crippen LogP contribution in [0.4, 0.5) is 5.69 Å². The Morgan fingerprint density at radius 1 is 1.22 bits per heavy atom. The molecule has 0 aliphatic carbocycles. The molecule has 2 aromatic rings. The monoisotopic (exact) mass is 383 g/mol. The van der Waals surface area contributed by atoms with E-state index in [0.717, 1.165) is 30.6 Å². The Morgan fingerprint density at radius 3 is 2.52 bits per heavy atom. The van der Waals surface area contributed by atoms with Crippen LogP contribution in [0.3, 0.4) is 0 Å². The number of nitrogens with one attached hydrogen (secondary N) is 1. The summed E-state index contributed by atoms with van der Waals surface area (Å²) >= 11 is 6.15. The molecular formula is C15H17N3OS4. The number of hydrogen-bond acceptors (Lipinski definition) is 7. The molecule has 0 bridgehead atoms. The predicted molar refractivity (Wildman–Crippen MR) is 103 cm³/mol. The highest BCUT2D eigenvalue weighted by Gasteiger charge is 2.10. The minimum absolute atomic E-state index is 0.0390. The minimum Gasteiger partial charge on any atom is -0.324 e. The number of benzene rings is 1.